The lowest BCUT2D eigenvalue weighted by atomic mass is 10.3. The molecule has 3 rings (SSSR count). The minimum atomic E-state index is -3.85. The average Bonchev–Trinajstić information content (AvgIpc) is 2.68. The van der Waals surface area contributed by atoms with Crippen LogP contribution in [0.25, 0.3) is 0 Å². The first-order valence-electron chi connectivity index (χ1n) is 8.84. The van der Waals surface area contributed by atoms with E-state index in [4.69, 9.17) is 16.3 Å². The number of benzene rings is 3. The average molecular weight is 467 g/mol. The van der Waals surface area contributed by atoms with E-state index in [9.17, 15) is 16.8 Å². The fourth-order valence-corrected chi connectivity index (χ4v) is 4.86. The molecule has 10 heteroatoms. The van der Waals surface area contributed by atoms with Crippen molar-refractivity contribution in [2.75, 3.05) is 16.1 Å². The zero-order valence-corrected chi connectivity index (χ0v) is 18.3. The van der Waals surface area contributed by atoms with Gasteiger partial charge >= 0.3 is 0 Å². The molecule has 3 aromatic carbocycles. The van der Waals surface area contributed by atoms with Crippen LogP contribution in [0.5, 0.6) is 5.75 Å². The van der Waals surface area contributed by atoms with Gasteiger partial charge in [0.1, 0.15) is 5.75 Å². The summed E-state index contributed by atoms with van der Waals surface area (Å²) in [6.07, 6.45) is 0. The molecule has 158 valence electrons. The second-order valence-electron chi connectivity index (χ2n) is 6.15. The van der Waals surface area contributed by atoms with Crippen LogP contribution in [0.1, 0.15) is 6.92 Å². The van der Waals surface area contributed by atoms with Gasteiger partial charge in [-0.25, -0.2) is 16.8 Å². The minimum Gasteiger partial charge on any atom is -0.494 e. The van der Waals surface area contributed by atoms with Crippen molar-refractivity contribution in [1.29, 1.82) is 0 Å². The van der Waals surface area contributed by atoms with Crippen LogP contribution >= 0.6 is 11.6 Å². The molecule has 0 spiro atoms. The van der Waals surface area contributed by atoms with Crippen molar-refractivity contribution in [3.63, 3.8) is 0 Å². The number of rotatable bonds is 8. The van der Waals surface area contributed by atoms with Crippen LogP contribution in [0.2, 0.25) is 5.02 Å². The predicted octanol–water partition coefficient (Wildman–Crippen LogP) is 4.34. The smallest absolute Gasteiger partial charge is 0.261 e. The number of nitrogens with one attached hydrogen (secondary N) is 2. The van der Waals surface area contributed by atoms with E-state index < -0.39 is 20.0 Å². The molecule has 0 aliphatic rings. The molecule has 0 fully saturated rings. The first kappa shape index (κ1) is 21.9. The molecule has 0 aliphatic carbocycles. The summed E-state index contributed by atoms with van der Waals surface area (Å²) in [5.41, 5.74) is 0.549. The molecular formula is C20H19ClN2O5S2. The molecule has 7 nitrogen and oxygen atoms in total. The number of anilines is 2. The van der Waals surface area contributed by atoms with Crippen LogP contribution in [0.4, 0.5) is 11.4 Å². The summed E-state index contributed by atoms with van der Waals surface area (Å²) in [6.45, 7) is 2.31. The molecule has 0 saturated heterocycles. The Labute approximate surface area is 180 Å². The van der Waals surface area contributed by atoms with Crippen LogP contribution < -0.4 is 14.2 Å². The topological polar surface area (TPSA) is 102 Å². The van der Waals surface area contributed by atoms with Gasteiger partial charge in [-0.2, -0.15) is 0 Å². The van der Waals surface area contributed by atoms with Gasteiger partial charge in [-0.1, -0.05) is 17.7 Å². The molecule has 0 atom stereocenters. The fourth-order valence-electron chi connectivity index (χ4n) is 2.56. The van der Waals surface area contributed by atoms with Crippen molar-refractivity contribution in [2.24, 2.45) is 0 Å². The third-order valence-electron chi connectivity index (χ3n) is 3.94. The standard InChI is InChI=1S/C20H19ClN2O5S2/c1-2-28-18-8-12-20(13-9-18)29(24,25)22-16-6-10-19(11-7-16)30(26,27)23-17-5-3-4-15(21)14-17/h3-14,22-23H,2H2,1H3. The number of sulfonamides is 2. The SMILES string of the molecule is CCOc1ccc(S(=O)(=O)Nc2ccc(S(=O)(=O)Nc3cccc(Cl)c3)cc2)cc1. The molecule has 30 heavy (non-hydrogen) atoms. The maximum absolute atomic E-state index is 12.5. The van der Waals surface area contributed by atoms with Crippen LogP contribution in [0.15, 0.2) is 82.6 Å². The van der Waals surface area contributed by atoms with Gasteiger partial charge in [-0.15, -0.1) is 0 Å². The van der Waals surface area contributed by atoms with Crippen molar-refractivity contribution in [3.8, 4) is 5.75 Å². The fraction of sp³-hybridized carbons (Fsp3) is 0.100. The van der Waals surface area contributed by atoms with Crippen molar-refractivity contribution < 1.29 is 21.6 Å². The molecule has 0 aromatic heterocycles. The van der Waals surface area contributed by atoms with Gasteiger partial charge in [-0.05, 0) is 73.7 Å². The molecule has 0 radical (unpaired) electrons. The lowest BCUT2D eigenvalue weighted by Crippen LogP contribution is -2.14. The first-order valence-corrected chi connectivity index (χ1v) is 12.2. The van der Waals surface area contributed by atoms with Crippen molar-refractivity contribution in [3.05, 3.63) is 77.8 Å². The molecule has 0 heterocycles. The number of hydrogen-bond acceptors (Lipinski definition) is 5. The second kappa shape index (κ2) is 8.95. The molecule has 0 saturated carbocycles. The van der Waals surface area contributed by atoms with E-state index in [0.29, 0.717) is 23.1 Å². The van der Waals surface area contributed by atoms with E-state index in [-0.39, 0.29) is 15.5 Å². The normalized spacial score (nSPS) is 11.7. The zero-order chi connectivity index (χ0) is 21.8. The van der Waals surface area contributed by atoms with Crippen molar-refractivity contribution in [1.82, 2.24) is 0 Å². The summed E-state index contributed by atoms with van der Waals surface area (Å²) in [5, 5.41) is 0.397. The van der Waals surface area contributed by atoms with E-state index >= 15 is 0 Å². The van der Waals surface area contributed by atoms with E-state index in [1.54, 1.807) is 30.3 Å². The Bertz CT molecular complexity index is 1230. The molecule has 0 aliphatic heterocycles. The van der Waals surface area contributed by atoms with Gasteiger partial charge in [0.2, 0.25) is 0 Å². The van der Waals surface area contributed by atoms with Crippen molar-refractivity contribution in [2.45, 2.75) is 16.7 Å². The van der Waals surface area contributed by atoms with Crippen LogP contribution in [-0.4, -0.2) is 23.4 Å². The Hall–Kier alpha value is -2.75. The van der Waals surface area contributed by atoms with Crippen LogP contribution in [0, 0.1) is 0 Å². The quantitative estimate of drug-likeness (QED) is 0.514. The predicted molar refractivity (Wildman–Crippen MR) is 117 cm³/mol. The van der Waals surface area contributed by atoms with Crippen LogP contribution in [-0.2, 0) is 20.0 Å². The highest BCUT2D eigenvalue weighted by molar-refractivity contribution is 7.93. The van der Waals surface area contributed by atoms with Crippen molar-refractivity contribution >= 4 is 43.0 Å². The Balaban J connectivity index is 1.74. The summed E-state index contributed by atoms with van der Waals surface area (Å²) in [6, 6.07) is 17.7. The largest absolute Gasteiger partial charge is 0.494 e. The lowest BCUT2D eigenvalue weighted by molar-refractivity contribution is 0.340. The van der Waals surface area contributed by atoms with Gasteiger partial charge in [0, 0.05) is 10.7 Å². The summed E-state index contributed by atoms with van der Waals surface area (Å²) in [7, 11) is -7.68. The van der Waals surface area contributed by atoms with E-state index in [1.165, 1.54) is 42.5 Å². The van der Waals surface area contributed by atoms with Crippen LogP contribution in [0.3, 0.4) is 0 Å². The lowest BCUT2D eigenvalue weighted by Gasteiger charge is -2.11. The Morgan fingerprint density at radius 3 is 1.83 bits per heavy atom. The zero-order valence-electron chi connectivity index (χ0n) is 15.9. The number of ether oxygens (including phenoxy) is 1. The molecule has 0 unspecified atom stereocenters. The molecule has 2 N–H and O–H groups in total. The number of hydrogen-bond donors (Lipinski definition) is 2. The van der Waals surface area contributed by atoms with Gasteiger partial charge in [-0.3, -0.25) is 9.44 Å². The van der Waals surface area contributed by atoms with Gasteiger partial charge in [0.15, 0.2) is 0 Å². The summed E-state index contributed by atoms with van der Waals surface area (Å²) < 4.78 is 60.2. The molecule has 0 bridgehead atoms. The summed E-state index contributed by atoms with van der Waals surface area (Å²) in [5.74, 6) is 0.568. The molecule has 0 amide bonds. The summed E-state index contributed by atoms with van der Waals surface area (Å²) in [4.78, 5) is 0.0387. The van der Waals surface area contributed by atoms with Gasteiger partial charge < -0.3 is 4.74 Å². The third-order valence-corrected chi connectivity index (χ3v) is 6.97. The second-order valence-corrected chi connectivity index (χ2v) is 9.95. The van der Waals surface area contributed by atoms with E-state index in [0.717, 1.165) is 0 Å². The maximum Gasteiger partial charge on any atom is 0.261 e. The summed E-state index contributed by atoms with van der Waals surface area (Å²) >= 11 is 5.87. The Kier molecular flexibility index (Phi) is 6.55. The van der Waals surface area contributed by atoms with E-state index in [1.807, 2.05) is 6.92 Å². The Morgan fingerprint density at radius 2 is 1.30 bits per heavy atom. The highest BCUT2D eigenvalue weighted by atomic mass is 35.5. The minimum absolute atomic E-state index is 0.0218. The highest BCUT2D eigenvalue weighted by Crippen LogP contribution is 2.23. The van der Waals surface area contributed by atoms with Gasteiger partial charge in [0.25, 0.3) is 20.0 Å². The van der Waals surface area contributed by atoms with E-state index in [2.05, 4.69) is 9.44 Å². The third kappa shape index (κ3) is 5.44. The highest BCUT2D eigenvalue weighted by Gasteiger charge is 2.17. The molecule has 3 aromatic rings. The first-order chi connectivity index (χ1) is 14.2. The maximum atomic E-state index is 12.5. The monoisotopic (exact) mass is 466 g/mol. The Morgan fingerprint density at radius 1 is 0.767 bits per heavy atom. The molecular weight excluding hydrogens is 448 g/mol. The number of halogens is 1. The van der Waals surface area contributed by atoms with Gasteiger partial charge in [0.05, 0.1) is 22.1 Å².